The first kappa shape index (κ1) is 18.2. The van der Waals surface area contributed by atoms with Crippen LogP contribution in [0.1, 0.15) is 70.9 Å². The van der Waals surface area contributed by atoms with Crippen molar-refractivity contribution in [1.82, 2.24) is 5.32 Å². The second kappa shape index (κ2) is 6.47. The summed E-state index contributed by atoms with van der Waals surface area (Å²) in [7, 11) is 0. The molecule has 2 aliphatic carbocycles. The number of dihydropyridines is 1. The number of aliphatic imine (C=N–C) groups is 1. The molecule has 142 valence electrons. The summed E-state index contributed by atoms with van der Waals surface area (Å²) in [6, 6.07) is 8.75. The summed E-state index contributed by atoms with van der Waals surface area (Å²) in [5.74, 6) is 1.24. The molecule has 0 aromatic heterocycles. The average Bonchev–Trinajstić information content (AvgIpc) is 2.79. The van der Waals surface area contributed by atoms with Gasteiger partial charge in [-0.15, -0.1) is 0 Å². The van der Waals surface area contributed by atoms with Crippen molar-refractivity contribution in [3.63, 3.8) is 0 Å². The van der Waals surface area contributed by atoms with E-state index in [-0.39, 0.29) is 10.8 Å². The zero-order chi connectivity index (χ0) is 19.2. The molecular formula is C24H30N2O. The number of hydrogen-bond acceptors (Lipinski definition) is 3. The maximum Gasteiger partial charge on any atom is 0.162 e. The van der Waals surface area contributed by atoms with Crippen LogP contribution in [0, 0.1) is 5.41 Å². The van der Waals surface area contributed by atoms with Crippen LogP contribution in [0.25, 0.3) is 0 Å². The number of nitrogens with one attached hydrogen (secondary N) is 1. The fraction of sp³-hybridized carbons (Fsp3) is 0.500. The van der Waals surface area contributed by atoms with Gasteiger partial charge >= 0.3 is 0 Å². The van der Waals surface area contributed by atoms with Crippen LogP contribution in [0.4, 0.5) is 0 Å². The molecule has 1 atom stereocenters. The number of Topliss-reactive ketones (excluding diaryl/α,β-unsaturated/α-hetero) is 1. The van der Waals surface area contributed by atoms with E-state index in [1.165, 1.54) is 23.1 Å². The fourth-order valence-corrected chi connectivity index (χ4v) is 5.45. The summed E-state index contributed by atoms with van der Waals surface area (Å²) in [6.07, 6.45) is 7.75. The molecule has 1 aromatic carbocycles. The van der Waals surface area contributed by atoms with E-state index < -0.39 is 0 Å². The van der Waals surface area contributed by atoms with Gasteiger partial charge < -0.3 is 5.32 Å². The van der Waals surface area contributed by atoms with Crippen molar-refractivity contribution in [3.8, 4) is 0 Å². The molecule has 1 unspecified atom stereocenters. The maximum atomic E-state index is 13.5. The van der Waals surface area contributed by atoms with Gasteiger partial charge in [0, 0.05) is 23.9 Å². The number of rotatable bonds is 1. The van der Waals surface area contributed by atoms with Gasteiger partial charge in [0.05, 0.1) is 5.41 Å². The van der Waals surface area contributed by atoms with Gasteiger partial charge in [0.2, 0.25) is 0 Å². The molecule has 0 saturated heterocycles. The molecule has 1 aromatic rings. The van der Waals surface area contributed by atoms with Gasteiger partial charge in [-0.25, -0.2) is 4.99 Å². The molecule has 0 radical (unpaired) electrons. The predicted octanol–water partition coefficient (Wildman–Crippen LogP) is 5.22. The van der Waals surface area contributed by atoms with Gasteiger partial charge in [0.25, 0.3) is 0 Å². The Morgan fingerprint density at radius 1 is 1.15 bits per heavy atom. The van der Waals surface area contributed by atoms with Gasteiger partial charge in [-0.2, -0.15) is 0 Å². The number of hydrogen-bond donors (Lipinski definition) is 1. The Bertz CT molecular complexity index is 887. The molecule has 1 N–H and O–H groups in total. The van der Waals surface area contributed by atoms with Crippen LogP contribution < -0.4 is 5.32 Å². The molecule has 0 bridgehead atoms. The smallest absolute Gasteiger partial charge is 0.162 e. The van der Waals surface area contributed by atoms with Crippen LogP contribution in [-0.4, -0.2) is 12.0 Å². The summed E-state index contributed by atoms with van der Waals surface area (Å²) in [4.78, 5) is 18.2. The number of nitrogens with zero attached hydrogens (tertiary/aromatic N) is 1. The van der Waals surface area contributed by atoms with Crippen molar-refractivity contribution in [2.45, 2.75) is 71.6 Å². The van der Waals surface area contributed by atoms with Crippen molar-refractivity contribution >= 4 is 12.0 Å². The number of benzene rings is 1. The quantitative estimate of drug-likeness (QED) is 0.696. The third-order valence-corrected chi connectivity index (χ3v) is 6.55. The summed E-state index contributed by atoms with van der Waals surface area (Å²) in [6.45, 7) is 8.51. The molecule has 0 saturated carbocycles. The molecule has 3 aliphatic rings. The Morgan fingerprint density at radius 3 is 2.70 bits per heavy atom. The van der Waals surface area contributed by atoms with E-state index in [4.69, 9.17) is 0 Å². The number of allylic oxidation sites excluding steroid dienone is 3. The molecular weight excluding hydrogens is 332 g/mol. The lowest BCUT2D eigenvalue weighted by Crippen LogP contribution is -2.46. The van der Waals surface area contributed by atoms with Crippen LogP contribution in [0.2, 0.25) is 0 Å². The Labute approximate surface area is 162 Å². The van der Waals surface area contributed by atoms with Crippen LogP contribution in [0.5, 0.6) is 0 Å². The van der Waals surface area contributed by atoms with Gasteiger partial charge in [-0.1, -0.05) is 44.5 Å². The standard InChI is InChI=1S/C24H30N2O/c1-5-25-22-16(2)24(13-9-8-11-17-10-6-7-12-18(17)24)21-19(26-22)14-23(3,4)15-20(21)27/h5-7,10,12,26H,8-9,11,13-15H2,1-4H3/b25-5-. The van der Waals surface area contributed by atoms with E-state index in [1.807, 2.05) is 13.1 Å². The number of fused-ring (bicyclic) bond motifs is 3. The van der Waals surface area contributed by atoms with E-state index in [2.05, 4.69) is 55.3 Å². The molecule has 4 rings (SSSR count). The Morgan fingerprint density at radius 2 is 1.93 bits per heavy atom. The molecule has 27 heavy (non-hydrogen) atoms. The molecule has 1 spiro atoms. The van der Waals surface area contributed by atoms with Crippen molar-refractivity contribution in [1.29, 1.82) is 0 Å². The SMILES string of the molecule is C/C=N\C1=C(C)C2(CCCCc3ccccc32)C2=C(CC(C)(C)CC2=O)N1. The van der Waals surface area contributed by atoms with Crippen molar-refractivity contribution in [2.24, 2.45) is 10.4 Å². The Kier molecular flexibility index (Phi) is 4.37. The Balaban J connectivity index is 2.04. The molecule has 3 nitrogen and oxygen atoms in total. The van der Waals surface area contributed by atoms with Crippen molar-refractivity contribution < 1.29 is 4.79 Å². The highest BCUT2D eigenvalue weighted by Gasteiger charge is 2.50. The highest BCUT2D eigenvalue weighted by atomic mass is 16.1. The van der Waals surface area contributed by atoms with Gasteiger partial charge in [0.1, 0.15) is 5.82 Å². The number of carbonyl (C=O) groups excluding carboxylic acids is 1. The summed E-state index contributed by atoms with van der Waals surface area (Å²) in [5, 5.41) is 3.56. The first-order valence-electron chi connectivity index (χ1n) is 10.2. The van der Waals surface area contributed by atoms with Gasteiger partial charge in [0.15, 0.2) is 5.78 Å². The topological polar surface area (TPSA) is 41.5 Å². The molecule has 1 aliphatic heterocycles. The van der Waals surface area contributed by atoms with Gasteiger partial charge in [-0.05, 0) is 61.6 Å². The van der Waals surface area contributed by atoms with E-state index in [0.29, 0.717) is 12.2 Å². The third kappa shape index (κ3) is 2.79. The fourth-order valence-electron chi connectivity index (χ4n) is 5.45. The number of aryl methyl sites for hydroxylation is 1. The average molecular weight is 363 g/mol. The summed E-state index contributed by atoms with van der Waals surface area (Å²) >= 11 is 0. The molecule has 0 amide bonds. The lowest BCUT2D eigenvalue weighted by atomic mass is 9.59. The third-order valence-electron chi connectivity index (χ3n) is 6.55. The number of ketones is 1. The van der Waals surface area contributed by atoms with E-state index in [1.54, 1.807) is 0 Å². The minimum Gasteiger partial charge on any atom is -0.343 e. The van der Waals surface area contributed by atoms with E-state index in [9.17, 15) is 4.79 Å². The van der Waals surface area contributed by atoms with E-state index in [0.717, 1.165) is 42.8 Å². The maximum absolute atomic E-state index is 13.5. The van der Waals surface area contributed by atoms with Crippen LogP contribution in [0.3, 0.4) is 0 Å². The minimum absolute atomic E-state index is 0.0133. The zero-order valence-corrected chi connectivity index (χ0v) is 17.0. The van der Waals surface area contributed by atoms with Crippen LogP contribution in [-0.2, 0) is 16.6 Å². The Hall–Kier alpha value is -2.16. The predicted molar refractivity (Wildman–Crippen MR) is 111 cm³/mol. The highest BCUT2D eigenvalue weighted by molar-refractivity contribution is 6.01. The number of carbonyl (C=O) groups is 1. The molecule has 0 fully saturated rings. The lowest BCUT2D eigenvalue weighted by molar-refractivity contribution is -0.118. The zero-order valence-electron chi connectivity index (χ0n) is 17.0. The highest BCUT2D eigenvalue weighted by Crippen LogP contribution is 2.54. The first-order valence-corrected chi connectivity index (χ1v) is 10.2. The second-order valence-corrected chi connectivity index (χ2v) is 9.05. The van der Waals surface area contributed by atoms with Crippen molar-refractivity contribution in [2.75, 3.05) is 0 Å². The monoisotopic (exact) mass is 362 g/mol. The second-order valence-electron chi connectivity index (χ2n) is 9.05. The summed E-state index contributed by atoms with van der Waals surface area (Å²) < 4.78 is 0. The van der Waals surface area contributed by atoms with Crippen LogP contribution >= 0.6 is 0 Å². The van der Waals surface area contributed by atoms with Gasteiger partial charge in [-0.3, -0.25) is 4.79 Å². The van der Waals surface area contributed by atoms with Crippen LogP contribution in [0.15, 0.2) is 51.9 Å². The lowest BCUT2D eigenvalue weighted by Gasteiger charge is -2.46. The summed E-state index contributed by atoms with van der Waals surface area (Å²) in [5.41, 5.74) is 5.68. The molecule has 3 heteroatoms. The normalized spacial score (nSPS) is 27.5. The largest absolute Gasteiger partial charge is 0.343 e. The minimum atomic E-state index is -0.330. The van der Waals surface area contributed by atoms with E-state index >= 15 is 0 Å². The van der Waals surface area contributed by atoms with Crippen molar-refractivity contribution in [3.05, 3.63) is 58.1 Å². The first-order chi connectivity index (χ1) is 12.9. The molecule has 1 heterocycles.